The van der Waals surface area contributed by atoms with Gasteiger partial charge in [-0.15, -0.1) is 0 Å². The van der Waals surface area contributed by atoms with Crippen molar-refractivity contribution in [1.29, 1.82) is 0 Å². The largest absolute Gasteiger partial charge is 0.445 e. The molecule has 1 aromatic carbocycles. The predicted octanol–water partition coefficient (Wildman–Crippen LogP) is 1.07. The Bertz CT molecular complexity index is 631. The summed E-state index contributed by atoms with van der Waals surface area (Å²) in [5, 5.41) is 0.902. The fraction of sp³-hybridized carbons (Fsp3) is 0.500. The van der Waals surface area contributed by atoms with Gasteiger partial charge in [0.2, 0.25) is 5.91 Å². The highest BCUT2D eigenvalue weighted by molar-refractivity contribution is 6.03. The summed E-state index contributed by atoms with van der Waals surface area (Å²) in [5.74, 6) is 4.60. The minimum absolute atomic E-state index is 0.184. The van der Waals surface area contributed by atoms with E-state index in [9.17, 15) is 14.4 Å². The quantitative estimate of drug-likeness (QED) is 0.338. The molecule has 0 aliphatic heterocycles. The Balaban J connectivity index is 2.49. The van der Waals surface area contributed by atoms with E-state index < -0.39 is 17.4 Å². The second kappa shape index (κ2) is 9.19. The zero-order valence-electron chi connectivity index (χ0n) is 16.1. The molecule has 144 valence electrons. The lowest BCUT2D eigenvalue weighted by molar-refractivity contribution is -0.152. The fourth-order valence-corrected chi connectivity index (χ4v) is 2.33. The highest BCUT2D eigenvalue weighted by Crippen LogP contribution is 2.20. The van der Waals surface area contributed by atoms with Gasteiger partial charge in [0, 0.05) is 34.2 Å². The monoisotopic (exact) mass is 364 g/mol. The molecule has 0 aliphatic carbocycles. The number of hydrazine groups is 1. The summed E-state index contributed by atoms with van der Waals surface area (Å²) in [6, 6.07) is 9.37. The zero-order chi connectivity index (χ0) is 19.9. The van der Waals surface area contributed by atoms with E-state index >= 15 is 0 Å². The highest BCUT2D eigenvalue weighted by Gasteiger charge is 2.39. The number of rotatable bonds is 7. The Labute approximate surface area is 154 Å². The smallest absolute Gasteiger partial charge is 0.409 e. The van der Waals surface area contributed by atoms with Crippen molar-refractivity contribution in [2.45, 2.75) is 20.5 Å². The molecule has 0 saturated heterocycles. The van der Waals surface area contributed by atoms with E-state index in [0.717, 1.165) is 10.6 Å². The number of hydrogen-bond donors (Lipinski definition) is 1. The predicted molar refractivity (Wildman–Crippen MR) is 97.6 cm³/mol. The van der Waals surface area contributed by atoms with Gasteiger partial charge < -0.3 is 14.5 Å². The summed E-state index contributed by atoms with van der Waals surface area (Å²) in [6.07, 6.45) is -0.480. The number of nitrogens with two attached hydrogens (primary N) is 1. The molecule has 2 N–H and O–H groups in total. The molecule has 0 saturated carbocycles. The second-order valence-electron chi connectivity index (χ2n) is 6.73. The Kier molecular flexibility index (Phi) is 7.57. The molecular formula is C18H28N4O4. The van der Waals surface area contributed by atoms with Crippen molar-refractivity contribution in [3.05, 3.63) is 35.9 Å². The molecule has 0 fully saturated rings. The molecule has 0 atom stereocenters. The van der Waals surface area contributed by atoms with Crippen molar-refractivity contribution in [1.82, 2.24) is 14.8 Å². The maximum atomic E-state index is 12.5. The van der Waals surface area contributed by atoms with Crippen molar-refractivity contribution in [2.24, 2.45) is 11.3 Å². The Morgan fingerprint density at radius 3 is 2.04 bits per heavy atom. The van der Waals surface area contributed by atoms with Gasteiger partial charge >= 0.3 is 6.09 Å². The maximum absolute atomic E-state index is 12.5. The van der Waals surface area contributed by atoms with Gasteiger partial charge in [0.05, 0.1) is 0 Å². The van der Waals surface area contributed by atoms with Gasteiger partial charge in [-0.3, -0.25) is 14.6 Å². The van der Waals surface area contributed by atoms with Crippen LogP contribution < -0.4 is 5.84 Å². The van der Waals surface area contributed by atoms with Gasteiger partial charge in [0.15, 0.2) is 0 Å². The molecule has 0 radical (unpaired) electrons. The highest BCUT2D eigenvalue weighted by atomic mass is 16.6. The van der Waals surface area contributed by atoms with E-state index in [4.69, 9.17) is 10.6 Å². The molecule has 1 rings (SSSR count). The zero-order valence-corrected chi connectivity index (χ0v) is 16.1. The van der Waals surface area contributed by atoms with E-state index in [1.807, 2.05) is 30.3 Å². The maximum Gasteiger partial charge on any atom is 0.409 e. The van der Waals surface area contributed by atoms with Gasteiger partial charge in [-0.05, 0) is 19.4 Å². The van der Waals surface area contributed by atoms with Crippen LogP contribution in [0, 0.1) is 5.41 Å². The summed E-state index contributed by atoms with van der Waals surface area (Å²) >= 11 is 0. The molecule has 26 heavy (non-hydrogen) atoms. The van der Waals surface area contributed by atoms with Crippen molar-refractivity contribution in [3.63, 3.8) is 0 Å². The number of carbonyl (C=O) groups is 3. The SMILES string of the molecule is CN(N)C(=O)C(C)(C)C(=O)N(C)CCN(C)C(=O)OCc1ccccc1. The Hall–Kier alpha value is -2.61. The molecule has 0 unspecified atom stereocenters. The number of benzene rings is 1. The number of nitrogens with zero attached hydrogens (tertiary/aromatic N) is 3. The van der Waals surface area contributed by atoms with Crippen molar-refractivity contribution in [2.75, 3.05) is 34.2 Å². The van der Waals surface area contributed by atoms with Crippen LogP contribution in [0.15, 0.2) is 30.3 Å². The minimum atomic E-state index is -1.27. The molecule has 8 nitrogen and oxygen atoms in total. The Morgan fingerprint density at radius 2 is 1.50 bits per heavy atom. The van der Waals surface area contributed by atoms with Crippen LogP contribution in [-0.4, -0.2) is 66.9 Å². The van der Waals surface area contributed by atoms with Gasteiger partial charge in [0.1, 0.15) is 12.0 Å². The van der Waals surface area contributed by atoms with Crippen LogP contribution in [0.3, 0.4) is 0 Å². The topological polar surface area (TPSA) is 96.2 Å². The van der Waals surface area contributed by atoms with Crippen LogP contribution in [0.25, 0.3) is 0 Å². The van der Waals surface area contributed by atoms with Gasteiger partial charge in [-0.2, -0.15) is 0 Å². The molecule has 3 amide bonds. The van der Waals surface area contributed by atoms with E-state index in [-0.39, 0.29) is 25.6 Å². The van der Waals surface area contributed by atoms with Crippen molar-refractivity contribution < 1.29 is 19.1 Å². The molecule has 0 spiro atoms. The lowest BCUT2D eigenvalue weighted by atomic mass is 9.90. The standard InChI is InChI=1S/C18H28N4O4/c1-18(2,16(24)22(5)19)15(23)20(3)11-12-21(4)17(25)26-13-14-9-7-6-8-10-14/h6-10H,11-13,19H2,1-5H3. The lowest BCUT2D eigenvalue weighted by Crippen LogP contribution is -2.51. The van der Waals surface area contributed by atoms with Crippen LogP contribution in [0.4, 0.5) is 4.79 Å². The first-order valence-corrected chi connectivity index (χ1v) is 8.27. The molecule has 8 heteroatoms. The number of carbonyl (C=O) groups excluding carboxylic acids is 3. The summed E-state index contributed by atoms with van der Waals surface area (Å²) in [4.78, 5) is 39.3. The number of ether oxygens (including phenoxy) is 1. The summed E-state index contributed by atoms with van der Waals surface area (Å²) in [7, 11) is 4.57. The first-order valence-electron chi connectivity index (χ1n) is 8.27. The summed E-state index contributed by atoms with van der Waals surface area (Å²) in [6.45, 7) is 3.77. The van der Waals surface area contributed by atoms with E-state index in [2.05, 4.69) is 0 Å². The molecular weight excluding hydrogens is 336 g/mol. The van der Waals surface area contributed by atoms with E-state index in [0.29, 0.717) is 0 Å². The average Bonchev–Trinajstić information content (AvgIpc) is 2.62. The van der Waals surface area contributed by atoms with Crippen molar-refractivity contribution in [3.8, 4) is 0 Å². The van der Waals surface area contributed by atoms with Crippen LogP contribution in [0.1, 0.15) is 19.4 Å². The van der Waals surface area contributed by atoms with Gasteiger partial charge in [-0.25, -0.2) is 10.6 Å². The molecule has 0 bridgehead atoms. The van der Waals surface area contributed by atoms with Crippen molar-refractivity contribution >= 4 is 17.9 Å². The molecule has 0 aromatic heterocycles. The molecule has 0 heterocycles. The number of hydrogen-bond acceptors (Lipinski definition) is 5. The van der Waals surface area contributed by atoms with Gasteiger partial charge in [-0.1, -0.05) is 30.3 Å². The first-order chi connectivity index (χ1) is 12.1. The number of amides is 3. The van der Waals surface area contributed by atoms with E-state index in [1.54, 1.807) is 14.1 Å². The fourth-order valence-electron chi connectivity index (χ4n) is 2.33. The third-order valence-corrected chi connectivity index (χ3v) is 4.02. The van der Waals surface area contributed by atoms with E-state index in [1.165, 1.54) is 30.7 Å². The normalized spacial score (nSPS) is 10.8. The van der Waals surface area contributed by atoms with Crippen LogP contribution in [-0.2, 0) is 20.9 Å². The number of likely N-dealkylation sites (N-methyl/N-ethyl adjacent to an activating group) is 2. The average molecular weight is 364 g/mol. The Morgan fingerprint density at radius 1 is 0.962 bits per heavy atom. The molecule has 1 aromatic rings. The van der Waals surface area contributed by atoms with Gasteiger partial charge in [0.25, 0.3) is 5.91 Å². The van der Waals surface area contributed by atoms with Crippen LogP contribution in [0.2, 0.25) is 0 Å². The van der Waals surface area contributed by atoms with Crippen LogP contribution in [0.5, 0.6) is 0 Å². The molecule has 0 aliphatic rings. The minimum Gasteiger partial charge on any atom is -0.445 e. The van der Waals surface area contributed by atoms with Crippen LogP contribution >= 0.6 is 0 Å². The third kappa shape index (κ3) is 5.73. The first kappa shape index (κ1) is 21.4. The summed E-state index contributed by atoms with van der Waals surface area (Å²) < 4.78 is 5.23. The third-order valence-electron chi connectivity index (χ3n) is 4.02. The summed E-state index contributed by atoms with van der Waals surface area (Å²) in [5.41, 5.74) is -0.377. The second-order valence-corrected chi connectivity index (χ2v) is 6.73. The lowest BCUT2D eigenvalue weighted by Gasteiger charge is -2.31.